The van der Waals surface area contributed by atoms with Crippen molar-refractivity contribution in [3.8, 4) is 0 Å². The van der Waals surface area contributed by atoms with Crippen molar-refractivity contribution in [2.45, 2.75) is 54.8 Å². The zero-order valence-corrected chi connectivity index (χ0v) is 18.2. The molecule has 3 nitrogen and oxygen atoms in total. The van der Waals surface area contributed by atoms with Gasteiger partial charge in [0, 0.05) is 22.4 Å². The first-order valence-corrected chi connectivity index (χ1v) is 10.8. The van der Waals surface area contributed by atoms with Gasteiger partial charge in [-0.05, 0) is 71.1 Å². The van der Waals surface area contributed by atoms with E-state index in [-0.39, 0.29) is 10.8 Å². The molecule has 2 aromatic rings. The minimum absolute atomic E-state index is 0.0348. The second-order valence-electron chi connectivity index (χ2n) is 7.74. The molecule has 2 aromatic carbocycles. The summed E-state index contributed by atoms with van der Waals surface area (Å²) in [5, 5.41) is 0. The fourth-order valence-corrected chi connectivity index (χ4v) is 4.27. The highest BCUT2D eigenvalue weighted by Gasteiger charge is 2.21. The molecule has 0 aliphatic carbocycles. The molecule has 0 fully saturated rings. The molecule has 0 bridgehead atoms. The van der Waals surface area contributed by atoms with Gasteiger partial charge >= 0.3 is 0 Å². The maximum absolute atomic E-state index is 12.4. The highest BCUT2D eigenvalue weighted by Crippen LogP contribution is 2.32. The molecule has 2 unspecified atom stereocenters. The van der Waals surface area contributed by atoms with Gasteiger partial charge in [0.1, 0.15) is 0 Å². The number of hydrogen-bond donors (Lipinski definition) is 1. The Kier molecular flexibility index (Phi) is 7.47. The maximum atomic E-state index is 12.4. The fourth-order valence-electron chi connectivity index (χ4n) is 2.45. The number of rotatable bonds is 7. The van der Waals surface area contributed by atoms with E-state index in [9.17, 15) is 4.21 Å². The van der Waals surface area contributed by atoms with Crippen LogP contribution in [-0.4, -0.2) is 28.0 Å². The second-order valence-corrected chi connectivity index (χ2v) is 10.9. The average Bonchev–Trinajstić information content (AvgIpc) is 2.55. The standard InChI is InChI=1S/C21H30N2OS2/c1-16(22-26(24)21(2,3)4)17-11-9-12-19(14-17)25-20-13-8-7-10-18(20)15-23(5)6/h7-14,16,22H,15H2,1-6H3. The zero-order valence-electron chi connectivity index (χ0n) is 16.6. The highest BCUT2D eigenvalue weighted by atomic mass is 32.2. The molecule has 0 saturated heterocycles. The molecule has 0 aromatic heterocycles. The molecule has 0 aliphatic rings. The van der Waals surface area contributed by atoms with Crippen LogP contribution < -0.4 is 4.72 Å². The zero-order chi connectivity index (χ0) is 19.3. The molecular formula is C21H30N2OS2. The summed E-state index contributed by atoms with van der Waals surface area (Å²) in [6, 6.07) is 17.1. The largest absolute Gasteiger partial charge is 0.305 e. The van der Waals surface area contributed by atoms with Crippen LogP contribution in [0.1, 0.15) is 44.9 Å². The number of hydrogen-bond acceptors (Lipinski definition) is 3. The van der Waals surface area contributed by atoms with Crippen LogP contribution in [0.25, 0.3) is 0 Å². The van der Waals surface area contributed by atoms with E-state index in [1.807, 2.05) is 20.8 Å². The van der Waals surface area contributed by atoms with Crippen LogP contribution >= 0.6 is 11.8 Å². The number of nitrogens with zero attached hydrogens (tertiary/aromatic N) is 1. The second kappa shape index (κ2) is 9.18. The van der Waals surface area contributed by atoms with E-state index in [0.29, 0.717) is 0 Å². The molecule has 2 atom stereocenters. The Balaban J connectivity index is 2.16. The van der Waals surface area contributed by atoms with Crippen LogP contribution in [0.15, 0.2) is 58.3 Å². The van der Waals surface area contributed by atoms with Crippen molar-refractivity contribution < 1.29 is 4.21 Å². The first-order chi connectivity index (χ1) is 12.2. The molecule has 5 heteroatoms. The number of benzene rings is 2. The quantitative estimate of drug-likeness (QED) is 0.721. The third kappa shape index (κ3) is 6.23. The molecule has 1 N–H and O–H groups in total. The summed E-state index contributed by atoms with van der Waals surface area (Å²) in [5.41, 5.74) is 2.48. The van der Waals surface area contributed by atoms with Gasteiger partial charge in [0.05, 0.1) is 15.7 Å². The first kappa shape index (κ1) is 21.2. The van der Waals surface area contributed by atoms with E-state index < -0.39 is 11.0 Å². The normalized spacial score (nSPS) is 14.4. The lowest BCUT2D eigenvalue weighted by atomic mass is 10.1. The van der Waals surface area contributed by atoms with Gasteiger partial charge in [-0.1, -0.05) is 42.1 Å². The van der Waals surface area contributed by atoms with Crippen LogP contribution in [0.3, 0.4) is 0 Å². The van der Waals surface area contributed by atoms with Crippen molar-refractivity contribution in [3.63, 3.8) is 0 Å². The minimum Gasteiger partial charge on any atom is -0.305 e. The van der Waals surface area contributed by atoms with E-state index in [0.717, 1.165) is 12.1 Å². The summed E-state index contributed by atoms with van der Waals surface area (Å²) in [7, 11) is 3.09. The van der Waals surface area contributed by atoms with E-state index in [1.54, 1.807) is 11.8 Å². The molecule has 0 saturated carbocycles. The van der Waals surface area contributed by atoms with Gasteiger partial charge in [-0.25, -0.2) is 8.93 Å². The van der Waals surface area contributed by atoms with Crippen LogP contribution in [0, 0.1) is 0 Å². The SMILES string of the molecule is CC(NS(=O)C(C)(C)C)c1cccc(Sc2ccccc2CN(C)C)c1. The first-order valence-electron chi connectivity index (χ1n) is 8.85. The molecule has 0 aliphatic heterocycles. The van der Waals surface area contributed by atoms with E-state index in [1.165, 1.54) is 15.4 Å². The molecule has 0 heterocycles. The Labute approximate surface area is 165 Å². The lowest BCUT2D eigenvalue weighted by Gasteiger charge is -2.22. The highest BCUT2D eigenvalue weighted by molar-refractivity contribution is 7.99. The monoisotopic (exact) mass is 390 g/mol. The molecular weight excluding hydrogens is 360 g/mol. The summed E-state index contributed by atoms with van der Waals surface area (Å²) in [5.74, 6) is 0. The smallest absolute Gasteiger partial charge is 0.0975 e. The Morgan fingerprint density at radius 3 is 2.46 bits per heavy atom. The summed E-state index contributed by atoms with van der Waals surface area (Å²) in [6.45, 7) is 8.93. The van der Waals surface area contributed by atoms with Gasteiger partial charge in [0.25, 0.3) is 0 Å². The van der Waals surface area contributed by atoms with Gasteiger partial charge in [-0.2, -0.15) is 0 Å². The predicted molar refractivity (Wildman–Crippen MR) is 114 cm³/mol. The Hall–Kier alpha value is -1.14. The predicted octanol–water partition coefficient (Wildman–Crippen LogP) is 5.01. The van der Waals surface area contributed by atoms with Gasteiger partial charge in [-0.15, -0.1) is 0 Å². The summed E-state index contributed by atoms with van der Waals surface area (Å²) in [6.07, 6.45) is 0. The Morgan fingerprint density at radius 1 is 1.12 bits per heavy atom. The molecule has 26 heavy (non-hydrogen) atoms. The van der Waals surface area contributed by atoms with Crippen molar-refractivity contribution in [1.29, 1.82) is 0 Å². The third-order valence-corrected chi connectivity index (χ3v) is 6.67. The summed E-state index contributed by atoms with van der Waals surface area (Å²) >= 11 is 1.78. The Bertz CT molecular complexity index is 754. The minimum atomic E-state index is -1.09. The average molecular weight is 391 g/mol. The van der Waals surface area contributed by atoms with E-state index in [2.05, 4.69) is 79.2 Å². The maximum Gasteiger partial charge on any atom is 0.0975 e. The lowest BCUT2D eigenvalue weighted by Crippen LogP contribution is -2.34. The van der Waals surface area contributed by atoms with Crippen LogP contribution in [0.2, 0.25) is 0 Å². The third-order valence-electron chi connectivity index (χ3n) is 3.89. The van der Waals surface area contributed by atoms with Crippen molar-refractivity contribution in [3.05, 3.63) is 59.7 Å². The molecule has 0 spiro atoms. The number of nitrogens with one attached hydrogen (secondary N) is 1. The van der Waals surface area contributed by atoms with Crippen molar-refractivity contribution in [1.82, 2.24) is 9.62 Å². The van der Waals surface area contributed by atoms with Gasteiger partial charge in [-0.3, -0.25) is 0 Å². The van der Waals surface area contributed by atoms with Gasteiger partial charge < -0.3 is 4.90 Å². The summed E-state index contributed by atoms with van der Waals surface area (Å²) < 4.78 is 15.3. The van der Waals surface area contributed by atoms with Crippen molar-refractivity contribution in [2.24, 2.45) is 0 Å². The molecule has 2 rings (SSSR count). The van der Waals surface area contributed by atoms with Crippen LogP contribution in [0.4, 0.5) is 0 Å². The molecule has 0 amide bonds. The van der Waals surface area contributed by atoms with E-state index in [4.69, 9.17) is 0 Å². The van der Waals surface area contributed by atoms with E-state index >= 15 is 0 Å². The van der Waals surface area contributed by atoms with Crippen molar-refractivity contribution in [2.75, 3.05) is 14.1 Å². The lowest BCUT2D eigenvalue weighted by molar-refractivity contribution is 0.399. The van der Waals surface area contributed by atoms with Gasteiger partial charge in [0.2, 0.25) is 0 Å². The molecule has 142 valence electrons. The topological polar surface area (TPSA) is 32.3 Å². The van der Waals surface area contributed by atoms with Gasteiger partial charge in [0.15, 0.2) is 0 Å². The molecule has 0 radical (unpaired) electrons. The van der Waals surface area contributed by atoms with Crippen LogP contribution in [-0.2, 0) is 17.5 Å². The fraction of sp³-hybridized carbons (Fsp3) is 0.429. The van der Waals surface area contributed by atoms with Crippen LogP contribution in [0.5, 0.6) is 0 Å². The van der Waals surface area contributed by atoms with Crippen molar-refractivity contribution >= 4 is 22.7 Å². The summed E-state index contributed by atoms with van der Waals surface area (Å²) in [4.78, 5) is 4.66. The Morgan fingerprint density at radius 2 is 1.81 bits per heavy atom.